The largest absolute Gasteiger partial charge is 0.497 e. The van der Waals surface area contributed by atoms with E-state index in [1.165, 1.54) is 0 Å². The van der Waals surface area contributed by atoms with Crippen molar-refractivity contribution in [2.75, 3.05) is 7.11 Å². The third-order valence-corrected chi connectivity index (χ3v) is 2.99. The number of hydrazine groups is 1. The number of benzene rings is 1. The maximum atomic E-state index is 11.7. The number of methoxy groups -OCH3 is 1. The smallest absolute Gasteiger partial charge is 0.354 e. The molecule has 0 fully saturated rings. The van der Waals surface area contributed by atoms with Gasteiger partial charge in [0.25, 0.3) is 0 Å². The number of hydrazone groups is 1. The number of aliphatic hydroxyl groups is 1. The molecule has 0 aromatic heterocycles. The summed E-state index contributed by atoms with van der Waals surface area (Å²) in [5.41, 5.74) is 1.62. The van der Waals surface area contributed by atoms with Gasteiger partial charge in [0.2, 0.25) is 0 Å². The minimum absolute atomic E-state index is 0.229. The van der Waals surface area contributed by atoms with Crippen LogP contribution >= 0.6 is 0 Å². The number of ether oxygens (including phenoxy) is 1. The van der Waals surface area contributed by atoms with Gasteiger partial charge >= 0.3 is 6.03 Å². The van der Waals surface area contributed by atoms with Crippen molar-refractivity contribution in [2.45, 2.75) is 19.1 Å². The molecule has 0 bridgehead atoms. The summed E-state index contributed by atoms with van der Waals surface area (Å²) in [6.07, 6.45) is 0.229. The van der Waals surface area contributed by atoms with Gasteiger partial charge in [0.15, 0.2) is 5.72 Å². The third kappa shape index (κ3) is 2.25. The standard InChI is InChI=1S/C12H16N4O3/c1-8-7-12(18,16(15-8)11(17)14-13)9-3-5-10(19-2)6-4-9/h3-6,18H,7,13H2,1-2H3,(H,14,17). The van der Waals surface area contributed by atoms with E-state index in [9.17, 15) is 9.90 Å². The highest BCUT2D eigenvalue weighted by Crippen LogP contribution is 2.35. The number of amides is 2. The second-order valence-corrected chi connectivity index (χ2v) is 4.32. The highest BCUT2D eigenvalue weighted by molar-refractivity contribution is 5.88. The van der Waals surface area contributed by atoms with Crippen LogP contribution in [0.1, 0.15) is 18.9 Å². The Kier molecular flexibility index (Phi) is 3.41. The molecule has 1 aromatic rings. The first-order valence-corrected chi connectivity index (χ1v) is 5.73. The Morgan fingerprint density at radius 2 is 2.16 bits per heavy atom. The molecule has 2 amide bonds. The average molecular weight is 264 g/mol. The third-order valence-electron chi connectivity index (χ3n) is 2.99. The van der Waals surface area contributed by atoms with Gasteiger partial charge in [-0.15, -0.1) is 0 Å². The van der Waals surface area contributed by atoms with Crippen molar-refractivity contribution in [2.24, 2.45) is 10.9 Å². The molecule has 0 spiro atoms. The zero-order chi connectivity index (χ0) is 14.0. The van der Waals surface area contributed by atoms with Crippen molar-refractivity contribution in [3.05, 3.63) is 29.8 Å². The monoisotopic (exact) mass is 264 g/mol. The molecular weight excluding hydrogens is 248 g/mol. The molecule has 0 saturated carbocycles. The molecule has 102 valence electrons. The maximum Gasteiger partial charge on any atom is 0.354 e. The minimum atomic E-state index is -1.53. The van der Waals surface area contributed by atoms with Crippen LogP contribution in [0.3, 0.4) is 0 Å². The average Bonchev–Trinajstić information content (AvgIpc) is 2.74. The Hall–Kier alpha value is -2.12. The maximum absolute atomic E-state index is 11.7. The van der Waals surface area contributed by atoms with Crippen molar-refractivity contribution in [1.29, 1.82) is 0 Å². The fraction of sp³-hybridized carbons (Fsp3) is 0.333. The number of nitrogens with one attached hydrogen (secondary N) is 1. The normalized spacial score (nSPS) is 22.1. The van der Waals surface area contributed by atoms with E-state index in [0.29, 0.717) is 17.0 Å². The van der Waals surface area contributed by atoms with Crippen LogP contribution in [0.4, 0.5) is 4.79 Å². The van der Waals surface area contributed by atoms with E-state index in [1.54, 1.807) is 38.3 Å². The van der Waals surface area contributed by atoms with Gasteiger partial charge in [0.05, 0.1) is 7.11 Å². The lowest BCUT2D eigenvalue weighted by Gasteiger charge is -2.31. The number of hydrogen-bond acceptors (Lipinski definition) is 5. The predicted molar refractivity (Wildman–Crippen MR) is 69.2 cm³/mol. The molecule has 0 aliphatic carbocycles. The van der Waals surface area contributed by atoms with Crippen LogP contribution < -0.4 is 16.0 Å². The van der Waals surface area contributed by atoms with Crippen LogP contribution in [0.15, 0.2) is 29.4 Å². The summed E-state index contributed by atoms with van der Waals surface area (Å²) in [6, 6.07) is 6.11. The number of hydrogen-bond donors (Lipinski definition) is 3. The van der Waals surface area contributed by atoms with Crippen molar-refractivity contribution >= 4 is 11.7 Å². The van der Waals surface area contributed by atoms with Crippen LogP contribution in [0, 0.1) is 0 Å². The number of rotatable bonds is 2. The van der Waals surface area contributed by atoms with Crippen molar-refractivity contribution in [3.63, 3.8) is 0 Å². The van der Waals surface area contributed by atoms with Gasteiger partial charge in [-0.25, -0.2) is 10.6 Å². The molecule has 1 heterocycles. The van der Waals surface area contributed by atoms with E-state index in [0.717, 1.165) is 5.01 Å². The summed E-state index contributed by atoms with van der Waals surface area (Å²) in [5, 5.41) is 15.7. The number of carbonyl (C=O) groups is 1. The van der Waals surface area contributed by atoms with Gasteiger partial charge in [-0.05, 0) is 19.1 Å². The Labute approximate surface area is 110 Å². The molecule has 1 aliphatic rings. The molecule has 7 heteroatoms. The van der Waals surface area contributed by atoms with Gasteiger partial charge < -0.3 is 9.84 Å². The number of nitrogens with zero attached hydrogens (tertiary/aromatic N) is 2. The van der Waals surface area contributed by atoms with E-state index < -0.39 is 11.8 Å². The van der Waals surface area contributed by atoms with Crippen molar-refractivity contribution < 1.29 is 14.6 Å². The van der Waals surface area contributed by atoms with Crippen molar-refractivity contribution in [3.8, 4) is 5.75 Å². The summed E-state index contributed by atoms with van der Waals surface area (Å²) in [6.45, 7) is 1.73. The quantitative estimate of drug-likeness (QED) is 0.411. The van der Waals surface area contributed by atoms with Crippen LogP contribution in [0.2, 0.25) is 0 Å². The molecule has 2 rings (SSSR count). The lowest BCUT2D eigenvalue weighted by Crippen LogP contribution is -2.49. The van der Waals surface area contributed by atoms with E-state index in [2.05, 4.69) is 5.10 Å². The SMILES string of the molecule is COc1ccc(C2(O)CC(C)=NN2C(=O)NN)cc1. The number of nitrogens with two attached hydrogens (primary N) is 1. The highest BCUT2D eigenvalue weighted by atomic mass is 16.5. The fourth-order valence-corrected chi connectivity index (χ4v) is 2.08. The van der Waals surface area contributed by atoms with Crippen LogP contribution in [0.25, 0.3) is 0 Å². The first-order chi connectivity index (χ1) is 9.01. The summed E-state index contributed by atoms with van der Waals surface area (Å²) >= 11 is 0. The summed E-state index contributed by atoms with van der Waals surface area (Å²) in [5.74, 6) is 5.77. The zero-order valence-electron chi connectivity index (χ0n) is 10.8. The predicted octanol–water partition coefficient (Wildman–Crippen LogP) is 0.505. The Morgan fingerprint density at radius 1 is 1.53 bits per heavy atom. The Morgan fingerprint density at radius 3 is 2.68 bits per heavy atom. The molecule has 1 aromatic carbocycles. The number of carbonyl (C=O) groups excluding carboxylic acids is 1. The molecule has 1 unspecified atom stereocenters. The summed E-state index contributed by atoms with van der Waals surface area (Å²) in [4.78, 5) is 11.7. The van der Waals surface area contributed by atoms with E-state index in [4.69, 9.17) is 10.6 Å². The first kappa shape index (κ1) is 13.3. The van der Waals surface area contributed by atoms with Gasteiger partial charge in [-0.3, -0.25) is 5.43 Å². The van der Waals surface area contributed by atoms with Crippen LogP contribution in [-0.4, -0.2) is 29.0 Å². The second-order valence-electron chi connectivity index (χ2n) is 4.32. The fourth-order valence-electron chi connectivity index (χ4n) is 2.08. The number of urea groups is 1. The molecular formula is C12H16N4O3. The van der Waals surface area contributed by atoms with Gasteiger partial charge in [0.1, 0.15) is 5.75 Å². The summed E-state index contributed by atoms with van der Waals surface area (Å²) < 4.78 is 5.06. The molecule has 1 atom stereocenters. The van der Waals surface area contributed by atoms with E-state index >= 15 is 0 Å². The zero-order valence-corrected chi connectivity index (χ0v) is 10.8. The molecule has 19 heavy (non-hydrogen) atoms. The van der Waals surface area contributed by atoms with Gasteiger partial charge in [-0.1, -0.05) is 12.1 Å². The lowest BCUT2D eigenvalue weighted by atomic mass is 9.98. The Bertz CT molecular complexity index is 514. The van der Waals surface area contributed by atoms with E-state index in [-0.39, 0.29) is 6.42 Å². The molecule has 0 saturated heterocycles. The van der Waals surface area contributed by atoms with E-state index in [1.807, 2.05) is 5.43 Å². The first-order valence-electron chi connectivity index (χ1n) is 5.73. The van der Waals surface area contributed by atoms with Gasteiger partial charge in [-0.2, -0.15) is 10.1 Å². The molecule has 0 radical (unpaired) electrons. The highest BCUT2D eigenvalue weighted by Gasteiger charge is 2.44. The van der Waals surface area contributed by atoms with Crippen LogP contribution in [0.5, 0.6) is 5.75 Å². The van der Waals surface area contributed by atoms with Crippen molar-refractivity contribution in [1.82, 2.24) is 10.4 Å². The summed E-state index contributed by atoms with van der Waals surface area (Å²) in [7, 11) is 1.56. The second kappa shape index (κ2) is 4.87. The molecule has 4 N–H and O–H groups in total. The van der Waals surface area contributed by atoms with Crippen LogP contribution in [-0.2, 0) is 5.72 Å². The Balaban J connectivity index is 2.37. The molecule has 7 nitrogen and oxygen atoms in total. The topological polar surface area (TPSA) is 100 Å². The minimum Gasteiger partial charge on any atom is -0.497 e. The molecule has 1 aliphatic heterocycles. The van der Waals surface area contributed by atoms with Gasteiger partial charge in [0, 0.05) is 17.7 Å². The lowest BCUT2D eigenvalue weighted by molar-refractivity contribution is -0.0700.